The number of thioether (sulfide) groups is 1. The number of aromatic amines is 1. The number of nitrogens with zero attached hydrogens (tertiary/aromatic N) is 1. The lowest BCUT2D eigenvalue weighted by molar-refractivity contribution is -0.123. The van der Waals surface area contributed by atoms with E-state index < -0.39 is 11.9 Å². The standard InChI is InChI=1S/C28H22Cl2N4O5S/c1-38-18-5-8-23(24(12-18)39-2)33-27(36)32-17-4-7-22-19(11-17)16(13-31-22)10-25-26(35)34(28(37)40-25)14-15-3-6-20(29)21(30)9-15/h3-13,31H,14H2,1-2H3,(H2,32,33,36). The molecule has 12 heteroatoms. The van der Waals surface area contributed by atoms with Crippen LogP contribution in [0.1, 0.15) is 11.1 Å². The second-order valence-electron chi connectivity index (χ2n) is 8.67. The molecule has 0 atom stereocenters. The maximum absolute atomic E-state index is 13.1. The topological polar surface area (TPSA) is 113 Å². The van der Waals surface area contributed by atoms with Crippen molar-refractivity contribution < 1.29 is 23.9 Å². The Morgan fingerprint density at radius 1 is 1.00 bits per heavy atom. The summed E-state index contributed by atoms with van der Waals surface area (Å²) in [5, 5.41) is 6.69. The molecule has 4 amide bonds. The van der Waals surface area contributed by atoms with E-state index in [2.05, 4.69) is 15.6 Å². The van der Waals surface area contributed by atoms with Crippen LogP contribution >= 0.6 is 35.0 Å². The van der Waals surface area contributed by atoms with Gasteiger partial charge in [0, 0.05) is 34.4 Å². The van der Waals surface area contributed by atoms with Crippen molar-refractivity contribution in [3.05, 3.63) is 86.9 Å². The van der Waals surface area contributed by atoms with E-state index >= 15 is 0 Å². The Hall–Kier alpha value is -4.12. The maximum atomic E-state index is 13.1. The van der Waals surface area contributed by atoms with Crippen LogP contribution in [0.4, 0.5) is 21.0 Å². The van der Waals surface area contributed by atoms with Crippen molar-refractivity contribution >= 4 is 80.5 Å². The minimum Gasteiger partial charge on any atom is -0.497 e. The Bertz CT molecular complexity index is 1690. The van der Waals surface area contributed by atoms with E-state index in [4.69, 9.17) is 32.7 Å². The number of fused-ring (bicyclic) bond motifs is 1. The van der Waals surface area contributed by atoms with Crippen LogP contribution < -0.4 is 20.1 Å². The van der Waals surface area contributed by atoms with Gasteiger partial charge in [-0.05, 0) is 65.9 Å². The number of rotatable bonds is 7. The van der Waals surface area contributed by atoms with Gasteiger partial charge >= 0.3 is 6.03 Å². The molecule has 4 aromatic rings. The summed E-state index contributed by atoms with van der Waals surface area (Å²) in [4.78, 5) is 43.0. The number of halogens is 2. The molecule has 0 unspecified atom stereocenters. The first-order chi connectivity index (χ1) is 19.2. The molecule has 0 spiro atoms. The molecule has 1 aliphatic heterocycles. The van der Waals surface area contributed by atoms with Crippen molar-refractivity contribution in [3.8, 4) is 11.5 Å². The van der Waals surface area contributed by atoms with Crippen molar-refractivity contribution in [2.24, 2.45) is 0 Å². The summed E-state index contributed by atoms with van der Waals surface area (Å²) in [5.41, 5.74) is 3.17. The predicted octanol–water partition coefficient (Wildman–Crippen LogP) is 7.37. The summed E-state index contributed by atoms with van der Waals surface area (Å²) in [7, 11) is 3.05. The molecular formula is C28H22Cl2N4O5S. The minimum atomic E-state index is -0.469. The molecule has 0 radical (unpaired) electrons. The number of carbonyl (C=O) groups is 3. The number of nitrogens with one attached hydrogen (secondary N) is 3. The number of anilines is 2. The zero-order valence-corrected chi connectivity index (χ0v) is 23.5. The molecule has 40 heavy (non-hydrogen) atoms. The van der Waals surface area contributed by atoms with Crippen molar-refractivity contribution in [1.82, 2.24) is 9.88 Å². The number of amides is 4. The third-order valence-electron chi connectivity index (χ3n) is 6.11. The summed E-state index contributed by atoms with van der Waals surface area (Å²) in [6.07, 6.45) is 3.40. The molecule has 1 aliphatic rings. The number of hydrogen-bond donors (Lipinski definition) is 3. The molecule has 9 nitrogen and oxygen atoms in total. The quantitative estimate of drug-likeness (QED) is 0.192. The first-order valence-corrected chi connectivity index (χ1v) is 13.4. The fraction of sp³-hybridized carbons (Fsp3) is 0.107. The van der Waals surface area contributed by atoms with E-state index in [1.54, 1.807) is 67.9 Å². The SMILES string of the molecule is COc1ccc(NC(=O)Nc2ccc3[nH]cc(C=C4SC(=O)N(Cc5ccc(Cl)c(Cl)c5)C4=O)c3c2)c(OC)c1. The van der Waals surface area contributed by atoms with Gasteiger partial charge in [0.15, 0.2) is 0 Å². The van der Waals surface area contributed by atoms with E-state index in [9.17, 15) is 14.4 Å². The maximum Gasteiger partial charge on any atom is 0.323 e. The number of carbonyl (C=O) groups excluding carboxylic acids is 3. The number of hydrogen-bond acceptors (Lipinski definition) is 6. The fourth-order valence-electron chi connectivity index (χ4n) is 4.12. The number of benzene rings is 3. The molecule has 3 aromatic carbocycles. The van der Waals surface area contributed by atoms with Gasteiger partial charge in [-0.1, -0.05) is 29.3 Å². The highest BCUT2D eigenvalue weighted by atomic mass is 35.5. The second kappa shape index (κ2) is 11.5. The first kappa shape index (κ1) is 27.4. The number of urea groups is 1. The van der Waals surface area contributed by atoms with Gasteiger partial charge in [-0.2, -0.15) is 0 Å². The predicted molar refractivity (Wildman–Crippen MR) is 158 cm³/mol. The normalized spacial score (nSPS) is 14.2. The lowest BCUT2D eigenvalue weighted by Gasteiger charge is -2.13. The highest BCUT2D eigenvalue weighted by Gasteiger charge is 2.35. The van der Waals surface area contributed by atoms with E-state index in [1.165, 1.54) is 7.11 Å². The van der Waals surface area contributed by atoms with E-state index in [1.807, 2.05) is 6.07 Å². The zero-order valence-electron chi connectivity index (χ0n) is 21.2. The highest BCUT2D eigenvalue weighted by Crippen LogP contribution is 2.36. The summed E-state index contributed by atoms with van der Waals surface area (Å²) in [6.45, 7) is 0.0783. The molecule has 0 saturated carbocycles. The lowest BCUT2D eigenvalue weighted by atomic mass is 10.1. The monoisotopic (exact) mass is 596 g/mol. The molecule has 5 rings (SSSR count). The van der Waals surface area contributed by atoms with Crippen LogP contribution in [-0.2, 0) is 11.3 Å². The number of imide groups is 1. The van der Waals surface area contributed by atoms with Crippen LogP contribution in [0, 0.1) is 0 Å². The highest BCUT2D eigenvalue weighted by molar-refractivity contribution is 8.18. The zero-order chi connectivity index (χ0) is 28.4. The van der Waals surface area contributed by atoms with E-state index in [0.717, 1.165) is 27.6 Å². The Morgan fingerprint density at radius 3 is 2.58 bits per heavy atom. The Morgan fingerprint density at radius 2 is 1.82 bits per heavy atom. The van der Waals surface area contributed by atoms with Crippen LogP contribution in [-0.4, -0.2) is 41.3 Å². The van der Waals surface area contributed by atoms with Crippen molar-refractivity contribution in [1.29, 1.82) is 0 Å². The first-order valence-electron chi connectivity index (χ1n) is 11.9. The Labute approximate surface area is 243 Å². The number of ether oxygens (including phenoxy) is 2. The third-order valence-corrected chi connectivity index (χ3v) is 7.76. The van der Waals surface area contributed by atoms with Crippen LogP contribution in [0.3, 0.4) is 0 Å². The number of H-pyrrole nitrogens is 1. The summed E-state index contributed by atoms with van der Waals surface area (Å²) >= 11 is 12.9. The summed E-state index contributed by atoms with van der Waals surface area (Å²) in [6, 6.07) is 14.9. The molecule has 3 N–H and O–H groups in total. The smallest absolute Gasteiger partial charge is 0.323 e. The van der Waals surface area contributed by atoms with Gasteiger partial charge < -0.3 is 25.1 Å². The van der Waals surface area contributed by atoms with Crippen LogP contribution in [0.15, 0.2) is 65.7 Å². The third kappa shape index (κ3) is 5.74. The van der Waals surface area contributed by atoms with Gasteiger partial charge in [0.2, 0.25) is 0 Å². The van der Waals surface area contributed by atoms with Crippen LogP contribution in [0.25, 0.3) is 17.0 Å². The lowest BCUT2D eigenvalue weighted by Crippen LogP contribution is -2.27. The van der Waals surface area contributed by atoms with Gasteiger partial charge in [-0.15, -0.1) is 0 Å². The van der Waals surface area contributed by atoms with Crippen molar-refractivity contribution in [2.75, 3.05) is 24.9 Å². The van der Waals surface area contributed by atoms with Gasteiger partial charge in [0.1, 0.15) is 11.5 Å². The molecule has 2 heterocycles. The second-order valence-corrected chi connectivity index (χ2v) is 10.5. The average molecular weight is 597 g/mol. The summed E-state index contributed by atoms with van der Waals surface area (Å²) < 4.78 is 10.5. The Balaban J connectivity index is 1.33. The van der Waals surface area contributed by atoms with Gasteiger partial charge in [-0.3, -0.25) is 14.5 Å². The van der Waals surface area contributed by atoms with E-state index in [-0.39, 0.29) is 16.7 Å². The molecule has 0 aliphatic carbocycles. The fourth-order valence-corrected chi connectivity index (χ4v) is 5.27. The van der Waals surface area contributed by atoms with Crippen LogP contribution in [0.5, 0.6) is 11.5 Å². The van der Waals surface area contributed by atoms with E-state index in [0.29, 0.717) is 44.0 Å². The molecular weight excluding hydrogens is 575 g/mol. The number of aromatic nitrogens is 1. The molecule has 204 valence electrons. The average Bonchev–Trinajstić information content (AvgIpc) is 3.46. The van der Waals surface area contributed by atoms with Gasteiger partial charge in [0.25, 0.3) is 11.1 Å². The van der Waals surface area contributed by atoms with Gasteiger partial charge in [-0.25, -0.2) is 4.79 Å². The van der Waals surface area contributed by atoms with Crippen molar-refractivity contribution in [3.63, 3.8) is 0 Å². The minimum absolute atomic E-state index is 0.0783. The molecule has 0 bridgehead atoms. The molecule has 1 fully saturated rings. The summed E-state index contributed by atoms with van der Waals surface area (Å²) in [5.74, 6) is 0.643. The van der Waals surface area contributed by atoms with Crippen LogP contribution in [0.2, 0.25) is 10.0 Å². The largest absolute Gasteiger partial charge is 0.497 e. The van der Waals surface area contributed by atoms with Crippen molar-refractivity contribution in [2.45, 2.75) is 6.54 Å². The molecule has 1 aromatic heterocycles. The number of methoxy groups -OCH3 is 2. The molecule has 1 saturated heterocycles. The Kier molecular flexibility index (Phi) is 7.92. The van der Waals surface area contributed by atoms with Gasteiger partial charge in [0.05, 0.1) is 41.4 Å².